The summed E-state index contributed by atoms with van der Waals surface area (Å²) in [7, 11) is 0. The first-order chi connectivity index (χ1) is 15.6. The molecule has 0 aromatic heterocycles. The van der Waals surface area contributed by atoms with Crippen LogP contribution in [-0.4, -0.2) is 24.9 Å². The van der Waals surface area contributed by atoms with Crippen LogP contribution in [0.4, 0.5) is 0 Å². The monoisotopic (exact) mass is 448 g/mol. The van der Waals surface area contributed by atoms with Crippen molar-refractivity contribution >= 4 is 11.8 Å². The number of hydrogen-bond donors (Lipinski definition) is 2. The largest absolute Gasteiger partial charge is 0.356 e. The Morgan fingerprint density at radius 2 is 0.938 bits per heavy atom. The molecule has 0 spiro atoms. The Hall–Kier alpha value is -1.06. The summed E-state index contributed by atoms with van der Waals surface area (Å²) in [5, 5.41) is 6.34. The molecule has 0 unspecified atom stereocenters. The molecule has 0 aliphatic heterocycles. The van der Waals surface area contributed by atoms with E-state index in [1.165, 1.54) is 64.2 Å². The highest BCUT2D eigenvalue weighted by Crippen LogP contribution is 2.33. The summed E-state index contributed by atoms with van der Waals surface area (Å²) in [6.45, 7) is 6.13. The minimum absolute atomic E-state index is 0.254. The molecule has 186 valence electrons. The van der Waals surface area contributed by atoms with E-state index >= 15 is 0 Å². The molecular weight excluding hydrogens is 396 g/mol. The maximum atomic E-state index is 12.4. The van der Waals surface area contributed by atoms with Crippen LogP contribution in [0.2, 0.25) is 0 Å². The van der Waals surface area contributed by atoms with Crippen molar-refractivity contribution in [2.75, 3.05) is 13.1 Å². The average molecular weight is 449 g/mol. The lowest BCUT2D eigenvalue weighted by molar-refractivity contribution is -0.127. The molecule has 0 atom stereocenters. The second-order valence-electron chi connectivity index (χ2n) is 10.7. The molecule has 4 heteroatoms. The fourth-order valence-electron chi connectivity index (χ4n) is 5.73. The van der Waals surface area contributed by atoms with Crippen molar-refractivity contribution in [2.45, 2.75) is 129 Å². The molecule has 0 bridgehead atoms. The van der Waals surface area contributed by atoms with Crippen LogP contribution < -0.4 is 10.6 Å². The van der Waals surface area contributed by atoms with Gasteiger partial charge < -0.3 is 10.6 Å². The van der Waals surface area contributed by atoms with E-state index in [4.69, 9.17) is 0 Å². The summed E-state index contributed by atoms with van der Waals surface area (Å²) in [4.78, 5) is 24.8. The molecule has 0 aromatic carbocycles. The number of carbonyl (C=O) groups is 2. The van der Waals surface area contributed by atoms with Crippen LogP contribution in [0.25, 0.3) is 0 Å². The second kappa shape index (κ2) is 16.5. The Labute approximate surface area is 198 Å². The number of amides is 2. The predicted octanol–water partition coefficient (Wildman–Crippen LogP) is 6.77. The Balaban J connectivity index is 1.41. The molecule has 2 N–H and O–H groups in total. The summed E-state index contributed by atoms with van der Waals surface area (Å²) in [5.41, 5.74) is 0. The van der Waals surface area contributed by atoms with Gasteiger partial charge in [-0.3, -0.25) is 9.59 Å². The van der Waals surface area contributed by atoms with Gasteiger partial charge in [0.1, 0.15) is 0 Å². The minimum atomic E-state index is 0.254. The van der Waals surface area contributed by atoms with Gasteiger partial charge in [0.25, 0.3) is 0 Å². The fourth-order valence-corrected chi connectivity index (χ4v) is 5.73. The van der Waals surface area contributed by atoms with Crippen LogP contribution in [-0.2, 0) is 9.59 Å². The third-order valence-electron chi connectivity index (χ3n) is 8.07. The quantitative estimate of drug-likeness (QED) is 0.271. The third kappa shape index (κ3) is 10.7. The average Bonchev–Trinajstić information content (AvgIpc) is 2.83. The van der Waals surface area contributed by atoms with Gasteiger partial charge in [0, 0.05) is 24.9 Å². The van der Waals surface area contributed by atoms with Gasteiger partial charge in [-0.1, -0.05) is 65.2 Å². The molecule has 0 saturated heterocycles. The molecule has 2 amide bonds. The van der Waals surface area contributed by atoms with Gasteiger partial charge in [-0.25, -0.2) is 0 Å². The molecule has 4 nitrogen and oxygen atoms in total. The lowest BCUT2D eigenvalue weighted by atomic mass is 9.79. The van der Waals surface area contributed by atoms with Gasteiger partial charge in [-0.15, -0.1) is 0 Å². The smallest absolute Gasteiger partial charge is 0.223 e. The van der Waals surface area contributed by atoms with Crippen LogP contribution in [0.15, 0.2) is 0 Å². The highest BCUT2D eigenvalue weighted by atomic mass is 16.2. The van der Waals surface area contributed by atoms with Crippen LogP contribution in [0.3, 0.4) is 0 Å². The lowest BCUT2D eigenvalue weighted by Crippen LogP contribution is -2.34. The van der Waals surface area contributed by atoms with E-state index < -0.39 is 0 Å². The van der Waals surface area contributed by atoms with E-state index in [1.807, 2.05) is 0 Å². The van der Waals surface area contributed by atoms with Crippen molar-refractivity contribution < 1.29 is 9.59 Å². The van der Waals surface area contributed by atoms with E-state index in [2.05, 4.69) is 24.5 Å². The Morgan fingerprint density at radius 3 is 1.28 bits per heavy atom. The molecule has 2 aliphatic rings. The number of hydrogen-bond acceptors (Lipinski definition) is 2. The van der Waals surface area contributed by atoms with Crippen LogP contribution in [0.5, 0.6) is 0 Å². The summed E-state index contributed by atoms with van der Waals surface area (Å²) < 4.78 is 0. The number of nitrogens with one attached hydrogen (secondary N) is 2. The van der Waals surface area contributed by atoms with E-state index in [0.29, 0.717) is 0 Å². The van der Waals surface area contributed by atoms with Crippen LogP contribution in [0.1, 0.15) is 129 Å². The number of rotatable bonds is 15. The first kappa shape index (κ1) is 27.2. The zero-order chi connectivity index (χ0) is 23.0. The normalized spacial score (nSPS) is 25.9. The molecule has 0 radical (unpaired) electrons. The number of carbonyl (C=O) groups excluding carboxylic acids is 2. The van der Waals surface area contributed by atoms with E-state index in [9.17, 15) is 9.59 Å². The summed E-state index contributed by atoms with van der Waals surface area (Å²) >= 11 is 0. The van der Waals surface area contributed by atoms with Gasteiger partial charge in [-0.05, 0) is 76.0 Å². The standard InChI is InChI=1S/C28H52N2O2/c1-3-5-11-23-13-17-25(18-14-23)27(31)29-21-9-7-8-10-22-30-28(32)26-19-15-24(16-20-26)12-6-4-2/h23-26H,3-22H2,1-2H3,(H,29,31)(H,30,32). The summed E-state index contributed by atoms with van der Waals surface area (Å²) in [6.07, 6.45) is 21.6. The molecule has 2 rings (SSSR count). The van der Waals surface area contributed by atoms with Crippen molar-refractivity contribution in [3.05, 3.63) is 0 Å². The predicted molar refractivity (Wildman–Crippen MR) is 134 cm³/mol. The summed E-state index contributed by atoms with van der Waals surface area (Å²) in [5.74, 6) is 2.81. The fraction of sp³-hybridized carbons (Fsp3) is 0.929. The minimum Gasteiger partial charge on any atom is -0.356 e. The Morgan fingerprint density at radius 1 is 0.562 bits per heavy atom. The highest BCUT2D eigenvalue weighted by molar-refractivity contribution is 5.79. The first-order valence-electron chi connectivity index (χ1n) is 14.2. The summed E-state index contributed by atoms with van der Waals surface area (Å²) in [6, 6.07) is 0. The maximum Gasteiger partial charge on any atom is 0.223 e. The van der Waals surface area contributed by atoms with E-state index in [0.717, 1.165) is 76.3 Å². The topological polar surface area (TPSA) is 58.2 Å². The van der Waals surface area contributed by atoms with Gasteiger partial charge in [0.2, 0.25) is 11.8 Å². The third-order valence-corrected chi connectivity index (χ3v) is 8.07. The van der Waals surface area contributed by atoms with Crippen LogP contribution >= 0.6 is 0 Å². The zero-order valence-corrected chi connectivity index (χ0v) is 21.3. The molecule has 2 saturated carbocycles. The van der Waals surface area contributed by atoms with Gasteiger partial charge >= 0.3 is 0 Å². The maximum absolute atomic E-state index is 12.4. The van der Waals surface area contributed by atoms with Crippen molar-refractivity contribution in [1.82, 2.24) is 10.6 Å². The molecule has 32 heavy (non-hydrogen) atoms. The van der Waals surface area contributed by atoms with Gasteiger partial charge in [0.05, 0.1) is 0 Å². The van der Waals surface area contributed by atoms with Crippen molar-refractivity contribution in [3.63, 3.8) is 0 Å². The Kier molecular flexibility index (Phi) is 14.0. The lowest BCUT2D eigenvalue weighted by Gasteiger charge is -2.27. The van der Waals surface area contributed by atoms with E-state index in [-0.39, 0.29) is 23.7 Å². The Bertz CT molecular complexity index is 460. The second-order valence-corrected chi connectivity index (χ2v) is 10.7. The molecule has 0 aromatic rings. The highest BCUT2D eigenvalue weighted by Gasteiger charge is 2.26. The SMILES string of the molecule is CCCCC1CCC(C(=O)NCCCCCCNC(=O)C2CCC(CCCC)CC2)CC1. The van der Waals surface area contributed by atoms with Gasteiger partial charge in [-0.2, -0.15) is 0 Å². The molecule has 0 heterocycles. The van der Waals surface area contributed by atoms with E-state index in [1.54, 1.807) is 0 Å². The molecule has 2 aliphatic carbocycles. The van der Waals surface area contributed by atoms with Crippen LogP contribution in [0, 0.1) is 23.7 Å². The molecular formula is C28H52N2O2. The van der Waals surface area contributed by atoms with Crippen molar-refractivity contribution in [2.24, 2.45) is 23.7 Å². The first-order valence-corrected chi connectivity index (χ1v) is 14.2. The number of unbranched alkanes of at least 4 members (excludes halogenated alkanes) is 5. The zero-order valence-electron chi connectivity index (χ0n) is 21.3. The molecule has 2 fully saturated rings. The van der Waals surface area contributed by atoms with Gasteiger partial charge in [0.15, 0.2) is 0 Å². The van der Waals surface area contributed by atoms with Crippen molar-refractivity contribution in [3.8, 4) is 0 Å². The van der Waals surface area contributed by atoms with Crippen molar-refractivity contribution in [1.29, 1.82) is 0 Å².